The molecule has 0 amide bonds. The van der Waals surface area contributed by atoms with Crippen LogP contribution in [0.5, 0.6) is 5.75 Å². The van der Waals surface area contributed by atoms with E-state index in [-0.39, 0.29) is 24.3 Å². The second-order valence-electron chi connectivity index (χ2n) is 8.09. The van der Waals surface area contributed by atoms with Gasteiger partial charge in [0.05, 0.1) is 15.8 Å². The minimum Gasteiger partial charge on any atom is -0.489 e. The number of ether oxygens (including phenoxy) is 1. The molecule has 0 unspecified atom stereocenters. The first-order valence-electron chi connectivity index (χ1n) is 10.7. The topological polar surface area (TPSA) is 81.0 Å². The number of fused-ring (bicyclic) bond motifs is 1. The molecule has 2 aromatic carbocycles. The number of halogens is 2. The molecule has 0 saturated carbocycles. The van der Waals surface area contributed by atoms with Crippen LogP contribution in [0.25, 0.3) is 10.9 Å². The quantitative estimate of drug-likeness (QED) is 0.407. The molecule has 2 aromatic heterocycles. The van der Waals surface area contributed by atoms with E-state index in [1.54, 1.807) is 17.0 Å². The lowest BCUT2D eigenvalue weighted by Crippen LogP contribution is -2.35. The van der Waals surface area contributed by atoms with E-state index in [4.69, 9.17) is 4.74 Å². The van der Waals surface area contributed by atoms with Gasteiger partial charge in [0.25, 0.3) is 0 Å². The van der Waals surface area contributed by atoms with Crippen molar-refractivity contribution in [2.45, 2.75) is 29.0 Å². The highest BCUT2D eigenvalue weighted by Gasteiger charge is 2.20. The summed E-state index contributed by atoms with van der Waals surface area (Å²) in [6.07, 6.45) is 5.17. The smallest absolute Gasteiger partial charge is 0.195 e. The van der Waals surface area contributed by atoms with Crippen molar-refractivity contribution in [2.75, 3.05) is 25.5 Å². The molecule has 0 bridgehead atoms. The summed E-state index contributed by atoms with van der Waals surface area (Å²) in [5, 5.41) is 12.5. The van der Waals surface area contributed by atoms with Crippen LogP contribution in [0.1, 0.15) is 12.8 Å². The molecule has 0 spiro atoms. The maximum Gasteiger partial charge on any atom is 0.195 e. The Hall–Kier alpha value is -2.95. The van der Waals surface area contributed by atoms with Crippen molar-refractivity contribution in [1.82, 2.24) is 29.6 Å². The SMILES string of the molecule is CN1CCC(Oc2cccc3ncnc(Nc4ccc(Sc5nncn5C)c(F)c4)c23)CC1.Cl. The lowest BCUT2D eigenvalue weighted by molar-refractivity contribution is 0.116. The van der Waals surface area contributed by atoms with Gasteiger partial charge in [0.15, 0.2) is 5.16 Å². The lowest BCUT2D eigenvalue weighted by atomic mass is 10.1. The molecule has 34 heavy (non-hydrogen) atoms. The lowest BCUT2D eigenvalue weighted by Gasteiger charge is -2.29. The maximum absolute atomic E-state index is 14.8. The largest absolute Gasteiger partial charge is 0.489 e. The van der Waals surface area contributed by atoms with Gasteiger partial charge in [-0.2, -0.15) is 0 Å². The van der Waals surface area contributed by atoms with Crippen LogP contribution in [-0.4, -0.2) is 55.9 Å². The van der Waals surface area contributed by atoms with Crippen LogP contribution >= 0.6 is 24.2 Å². The number of anilines is 2. The van der Waals surface area contributed by atoms with Crippen molar-refractivity contribution in [3.05, 3.63) is 54.9 Å². The van der Waals surface area contributed by atoms with Crippen LogP contribution in [0.4, 0.5) is 15.9 Å². The van der Waals surface area contributed by atoms with Crippen molar-refractivity contribution in [3.63, 3.8) is 0 Å². The zero-order valence-electron chi connectivity index (χ0n) is 18.8. The van der Waals surface area contributed by atoms with E-state index >= 15 is 0 Å². The summed E-state index contributed by atoms with van der Waals surface area (Å²) >= 11 is 1.22. The standard InChI is InChI=1S/C23H24FN7OS.ClH/c1-30-10-8-16(9-11-30)32-19-5-3-4-18-21(19)22(26-13-25-18)28-15-6-7-20(17(24)12-15)33-23-29-27-14-31(23)2;/h3-7,12-14,16H,8-11H2,1-2H3,(H,25,26,28);1H. The first-order valence-corrected chi connectivity index (χ1v) is 11.6. The number of aromatic nitrogens is 5. The second-order valence-corrected chi connectivity index (χ2v) is 9.10. The van der Waals surface area contributed by atoms with Gasteiger partial charge in [-0.3, -0.25) is 0 Å². The average molecular weight is 502 g/mol. The van der Waals surface area contributed by atoms with Crippen LogP contribution in [-0.2, 0) is 7.05 Å². The van der Waals surface area contributed by atoms with Gasteiger partial charge >= 0.3 is 0 Å². The molecule has 0 atom stereocenters. The van der Waals surface area contributed by atoms with Gasteiger partial charge < -0.3 is 19.5 Å². The highest BCUT2D eigenvalue weighted by Crippen LogP contribution is 2.34. The van der Waals surface area contributed by atoms with Gasteiger partial charge in [0, 0.05) is 25.8 Å². The number of nitrogens with one attached hydrogen (secondary N) is 1. The number of hydrogen-bond donors (Lipinski definition) is 1. The fourth-order valence-electron chi connectivity index (χ4n) is 3.82. The highest BCUT2D eigenvalue weighted by atomic mass is 35.5. The van der Waals surface area contributed by atoms with Crippen molar-refractivity contribution in [2.24, 2.45) is 7.05 Å². The Kier molecular flexibility index (Phi) is 7.50. The Morgan fingerprint density at radius 1 is 1.12 bits per heavy atom. The number of piperidine rings is 1. The molecule has 11 heteroatoms. The molecular weight excluding hydrogens is 477 g/mol. The van der Waals surface area contributed by atoms with Crippen LogP contribution in [0.3, 0.4) is 0 Å². The molecule has 1 fully saturated rings. The summed E-state index contributed by atoms with van der Waals surface area (Å²) in [4.78, 5) is 11.6. The van der Waals surface area contributed by atoms with Gasteiger partial charge in [-0.1, -0.05) is 6.07 Å². The van der Waals surface area contributed by atoms with E-state index in [1.165, 1.54) is 24.2 Å². The first kappa shape index (κ1) is 24.2. The second kappa shape index (κ2) is 10.5. The maximum atomic E-state index is 14.8. The summed E-state index contributed by atoms with van der Waals surface area (Å²) < 4.78 is 22.9. The van der Waals surface area contributed by atoms with Crippen molar-refractivity contribution < 1.29 is 9.13 Å². The van der Waals surface area contributed by atoms with E-state index in [1.807, 2.05) is 31.3 Å². The summed E-state index contributed by atoms with van der Waals surface area (Å²) in [5.74, 6) is 0.964. The molecule has 1 aliphatic heterocycles. The van der Waals surface area contributed by atoms with E-state index in [2.05, 4.69) is 37.4 Å². The Morgan fingerprint density at radius 3 is 2.68 bits per heavy atom. The molecule has 3 heterocycles. The van der Waals surface area contributed by atoms with E-state index in [9.17, 15) is 4.39 Å². The van der Waals surface area contributed by atoms with Crippen molar-refractivity contribution in [3.8, 4) is 5.75 Å². The zero-order chi connectivity index (χ0) is 22.8. The summed E-state index contributed by atoms with van der Waals surface area (Å²) in [7, 11) is 3.95. The Balaban J connectivity index is 0.00000274. The van der Waals surface area contributed by atoms with Gasteiger partial charge in [-0.05, 0) is 62.0 Å². The van der Waals surface area contributed by atoms with Crippen molar-refractivity contribution >= 4 is 46.6 Å². The normalized spacial score (nSPS) is 14.7. The van der Waals surface area contributed by atoms with E-state index < -0.39 is 0 Å². The summed E-state index contributed by atoms with van der Waals surface area (Å²) in [6.45, 7) is 2.02. The molecule has 4 aromatic rings. The fraction of sp³-hybridized carbons (Fsp3) is 0.304. The monoisotopic (exact) mass is 501 g/mol. The molecular formula is C23H25ClFN7OS. The third-order valence-electron chi connectivity index (χ3n) is 5.65. The number of likely N-dealkylation sites (tertiary alicyclic amines) is 1. The van der Waals surface area contributed by atoms with E-state index in [0.29, 0.717) is 21.6 Å². The van der Waals surface area contributed by atoms with Gasteiger partial charge in [-0.15, -0.1) is 22.6 Å². The first-order chi connectivity index (χ1) is 16.1. The Bertz CT molecular complexity index is 1270. The van der Waals surface area contributed by atoms with Crippen LogP contribution in [0.15, 0.2) is 59.1 Å². The summed E-state index contributed by atoms with van der Waals surface area (Å²) in [5.41, 5.74) is 1.36. The van der Waals surface area contributed by atoms with Gasteiger partial charge in [0.1, 0.15) is 36.1 Å². The molecule has 0 radical (unpaired) electrons. The fourth-order valence-corrected chi connectivity index (χ4v) is 4.58. The van der Waals surface area contributed by atoms with Crippen LogP contribution < -0.4 is 10.1 Å². The Morgan fingerprint density at radius 2 is 1.94 bits per heavy atom. The molecule has 1 N–H and O–H groups in total. The highest BCUT2D eigenvalue weighted by molar-refractivity contribution is 7.99. The van der Waals surface area contributed by atoms with Gasteiger partial charge in [-0.25, -0.2) is 14.4 Å². The predicted octanol–water partition coefficient (Wildman–Crippen LogP) is 4.69. The van der Waals surface area contributed by atoms with Crippen LogP contribution in [0.2, 0.25) is 0 Å². The Labute approximate surface area is 207 Å². The number of aryl methyl sites for hydroxylation is 1. The number of nitrogens with zero attached hydrogens (tertiary/aromatic N) is 6. The van der Waals surface area contributed by atoms with Gasteiger partial charge in [0.2, 0.25) is 0 Å². The molecule has 1 aliphatic rings. The van der Waals surface area contributed by atoms with Crippen molar-refractivity contribution in [1.29, 1.82) is 0 Å². The third kappa shape index (κ3) is 5.24. The molecule has 5 rings (SSSR count). The molecule has 1 saturated heterocycles. The molecule has 178 valence electrons. The number of benzene rings is 2. The minimum absolute atomic E-state index is 0. The summed E-state index contributed by atoms with van der Waals surface area (Å²) in [6, 6.07) is 10.8. The minimum atomic E-state index is -0.353. The molecule has 0 aliphatic carbocycles. The molecule has 8 nitrogen and oxygen atoms in total. The third-order valence-corrected chi connectivity index (χ3v) is 6.75. The average Bonchev–Trinajstić information content (AvgIpc) is 3.22. The zero-order valence-corrected chi connectivity index (χ0v) is 20.4. The van der Waals surface area contributed by atoms with E-state index in [0.717, 1.165) is 42.6 Å². The number of rotatable bonds is 6. The predicted molar refractivity (Wildman–Crippen MR) is 133 cm³/mol. The number of hydrogen-bond acceptors (Lipinski definition) is 8. The van der Waals surface area contributed by atoms with Crippen LogP contribution in [0, 0.1) is 5.82 Å².